The molecule has 0 saturated carbocycles. The predicted octanol–water partition coefficient (Wildman–Crippen LogP) is 0.444. The van der Waals surface area contributed by atoms with Gasteiger partial charge in [0.2, 0.25) is 0 Å². The fourth-order valence-corrected chi connectivity index (χ4v) is 1.13. The highest BCUT2D eigenvalue weighted by atomic mass is 16.5. The van der Waals surface area contributed by atoms with Crippen molar-refractivity contribution in [1.82, 2.24) is 5.43 Å². The van der Waals surface area contributed by atoms with Gasteiger partial charge in [0.05, 0.1) is 13.2 Å². The second-order valence-electron chi connectivity index (χ2n) is 3.66. The van der Waals surface area contributed by atoms with Crippen molar-refractivity contribution in [3.63, 3.8) is 0 Å². The smallest absolute Gasteiger partial charge is 0.263 e. The SMILES string of the molecule is CCCOCCOC(C(=O)NN)C(C)C. The third-order valence-electron chi connectivity index (χ3n) is 1.88. The molecule has 0 heterocycles. The zero-order valence-electron chi connectivity index (χ0n) is 9.79. The molecule has 1 amide bonds. The van der Waals surface area contributed by atoms with Crippen molar-refractivity contribution in [2.75, 3.05) is 19.8 Å². The Morgan fingerprint density at radius 3 is 2.47 bits per heavy atom. The van der Waals surface area contributed by atoms with Gasteiger partial charge in [-0.1, -0.05) is 20.8 Å². The Balaban J connectivity index is 3.72. The summed E-state index contributed by atoms with van der Waals surface area (Å²) in [6, 6.07) is 0. The van der Waals surface area contributed by atoms with Crippen LogP contribution in [0.15, 0.2) is 0 Å². The molecule has 5 heteroatoms. The highest BCUT2D eigenvalue weighted by Crippen LogP contribution is 2.06. The molecule has 0 radical (unpaired) electrons. The zero-order valence-corrected chi connectivity index (χ0v) is 9.79. The van der Waals surface area contributed by atoms with Crippen molar-refractivity contribution in [1.29, 1.82) is 0 Å². The standard InChI is InChI=1S/C10H22N2O3/c1-4-5-14-6-7-15-9(8(2)3)10(13)12-11/h8-9H,4-7,11H2,1-3H3,(H,12,13). The number of hydrogen-bond donors (Lipinski definition) is 2. The molecule has 15 heavy (non-hydrogen) atoms. The summed E-state index contributed by atoms with van der Waals surface area (Å²) in [6.45, 7) is 7.50. The summed E-state index contributed by atoms with van der Waals surface area (Å²) in [6.07, 6.45) is 0.483. The van der Waals surface area contributed by atoms with Gasteiger partial charge in [-0.2, -0.15) is 0 Å². The van der Waals surface area contributed by atoms with Crippen LogP contribution in [0.4, 0.5) is 0 Å². The minimum Gasteiger partial charge on any atom is -0.379 e. The van der Waals surface area contributed by atoms with E-state index in [4.69, 9.17) is 15.3 Å². The van der Waals surface area contributed by atoms with E-state index in [0.717, 1.165) is 13.0 Å². The summed E-state index contributed by atoms with van der Waals surface area (Å²) in [5.41, 5.74) is 2.09. The van der Waals surface area contributed by atoms with Gasteiger partial charge in [-0.15, -0.1) is 0 Å². The molecule has 0 saturated heterocycles. The average Bonchev–Trinajstić information content (AvgIpc) is 2.22. The molecule has 0 spiro atoms. The molecular weight excluding hydrogens is 196 g/mol. The molecule has 0 rings (SSSR count). The Hall–Kier alpha value is -0.650. The number of hydrazine groups is 1. The quantitative estimate of drug-likeness (QED) is 0.268. The second-order valence-corrected chi connectivity index (χ2v) is 3.66. The van der Waals surface area contributed by atoms with Crippen LogP contribution in [0.2, 0.25) is 0 Å². The number of amides is 1. The van der Waals surface area contributed by atoms with Crippen LogP contribution in [0.5, 0.6) is 0 Å². The predicted molar refractivity (Wildman–Crippen MR) is 58.0 cm³/mol. The van der Waals surface area contributed by atoms with Crippen LogP contribution >= 0.6 is 0 Å². The van der Waals surface area contributed by atoms with Crippen LogP contribution < -0.4 is 11.3 Å². The largest absolute Gasteiger partial charge is 0.379 e. The zero-order chi connectivity index (χ0) is 11.7. The Morgan fingerprint density at radius 1 is 1.33 bits per heavy atom. The molecule has 90 valence electrons. The summed E-state index contributed by atoms with van der Waals surface area (Å²) in [4.78, 5) is 11.3. The number of nitrogens with two attached hydrogens (primary N) is 1. The van der Waals surface area contributed by atoms with E-state index in [2.05, 4.69) is 5.43 Å². The van der Waals surface area contributed by atoms with Crippen LogP contribution in [0.3, 0.4) is 0 Å². The minimum absolute atomic E-state index is 0.0970. The van der Waals surface area contributed by atoms with Gasteiger partial charge in [0.15, 0.2) is 0 Å². The summed E-state index contributed by atoms with van der Waals surface area (Å²) >= 11 is 0. The molecule has 0 aliphatic rings. The van der Waals surface area contributed by atoms with Gasteiger partial charge in [0.25, 0.3) is 5.91 Å². The lowest BCUT2D eigenvalue weighted by atomic mass is 10.1. The first-order valence-corrected chi connectivity index (χ1v) is 5.33. The Labute approximate surface area is 91.3 Å². The molecule has 0 aromatic rings. The van der Waals surface area contributed by atoms with Gasteiger partial charge < -0.3 is 9.47 Å². The van der Waals surface area contributed by atoms with Gasteiger partial charge in [-0.05, 0) is 12.3 Å². The first-order chi connectivity index (χ1) is 7.13. The maximum atomic E-state index is 11.3. The lowest BCUT2D eigenvalue weighted by molar-refractivity contribution is -0.137. The van der Waals surface area contributed by atoms with E-state index in [1.165, 1.54) is 0 Å². The number of carbonyl (C=O) groups excluding carboxylic acids is 1. The van der Waals surface area contributed by atoms with Crippen LogP contribution in [-0.4, -0.2) is 31.8 Å². The normalized spacial score (nSPS) is 12.9. The van der Waals surface area contributed by atoms with Gasteiger partial charge >= 0.3 is 0 Å². The number of rotatable bonds is 8. The third kappa shape index (κ3) is 6.43. The maximum absolute atomic E-state index is 11.3. The number of hydrogen-bond acceptors (Lipinski definition) is 4. The summed E-state index contributed by atoms with van der Waals surface area (Å²) < 4.78 is 10.6. The molecule has 0 aromatic heterocycles. The fraction of sp³-hybridized carbons (Fsp3) is 0.900. The molecule has 0 aromatic carbocycles. The van der Waals surface area contributed by atoms with E-state index in [0.29, 0.717) is 13.2 Å². The van der Waals surface area contributed by atoms with E-state index in [1.54, 1.807) is 0 Å². The van der Waals surface area contributed by atoms with Crippen molar-refractivity contribution >= 4 is 5.91 Å². The van der Waals surface area contributed by atoms with Gasteiger partial charge in [-0.25, -0.2) is 5.84 Å². The molecular formula is C10H22N2O3. The van der Waals surface area contributed by atoms with Crippen LogP contribution in [0.1, 0.15) is 27.2 Å². The summed E-state index contributed by atoms with van der Waals surface area (Å²) in [5.74, 6) is 4.86. The van der Waals surface area contributed by atoms with Crippen LogP contribution in [0, 0.1) is 5.92 Å². The van der Waals surface area contributed by atoms with E-state index >= 15 is 0 Å². The van der Waals surface area contributed by atoms with Crippen molar-refractivity contribution < 1.29 is 14.3 Å². The molecule has 5 nitrogen and oxygen atoms in total. The molecule has 0 aliphatic heterocycles. The second kappa shape index (κ2) is 8.64. The number of ether oxygens (including phenoxy) is 2. The fourth-order valence-electron chi connectivity index (χ4n) is 1.13. The molecule has 0 aliphatic carbocycles. The van der Waals surface area contributed by atoms with Crippen molar-refractivity contribution in [2.45, 2.75) is 33.3 Å². The van der Waals surface area contributed by atoms with E-state index in [1.807, 2.05) is 20.8 Å². The number of carbonyl (C=O) groups is 1. The first-order valence-electron chi connectivity index (χ1n) is 5.33. The molecule has 0 bridgehead atoms. The lowest BCUT2D eigenvalue weighted by Crippen LogP contribution is -2.43. The Kier molecular flexibility index (Phi) is 8.27. The van der Waals surface area contributed by atoms with Gasteiger partial charge in [0.1, 0.15) is 6.10 Å². The molecule has 3 N–H and O–H groups in total. The van der Waals surface area contributed by atoms with Crippen LogP contribution in [-0.2, 0) is 14.3 Å². The van der Waals surface area contributed by atoms with E-state index in [-0.39, 0.29) is 11.8 Å². The maximum Gasteiger partial charge on any atom is 0.263 e. The summed E-state index contributed by atoms with van der Waals surface area (Å²) in [5, 5.41) is 0. The lowest BCUT2D eigenvalue weighted by Gasteiger charge is -2.19. The van der Waals surface area contributed by atoms with Gasteiger partial charge in [0, 0.05) is 6.61 Å². The molecule has 0 fully saturated rings. The average molecular weight is 218 g/mol. The Morgan fingerprint density at radius 2 is 2.00 bits per heavy atom. The van der Waals surface area contributed by atoms with Crippen molar-refractivity contribution in [3.05, 3.63) is 0 Å². The minimum atomic E-state index is -0.500. The monoisotopic (exact) mass is 218 g/mol. The van der Waals surface area contributed by atoms with Crippen molar-refractivity contribution in [2.24, 2.45) is 11.8 Å². The highest BCUT2D eigenvalue weighted by molar-refractivity contribution is 5.80. The first kappa shape index (κ1) is 14.3. The third-order valence-corrected chi connectivity index (χ3v) is 1.88. The highest BCUT2D eigenvalue weighted by Gasteiger charge is 2.21. The van der Waals surface area contributed by atoms with Crippen molar-refractivity contribution in [3.8, 4) is 0 Å². The molecule has 1 atom stereocenters. The van der Waals surface area contributed by atoms with E-state index in [9.17, 15) is 4.79 Å². The Bertz CT molecular complexity index is 174. The molecule has 1 unspecified atom stereocenters. The van der Waals surface area contributed by atoms with Crippen LogP contribution in [0.25, 0.3) is 0 Å². The van der Waals surface area contributed by atoms with Gasteiger partial charge in [-0.3, -0.25) is 10.2 Å². The van der Waals surface area contributed by atoms with E-state index < -0.39 is 6.10 Å². The summed E-state index contributed by atoms with van der Waals surface area (Å²) in [7, 11) is 0. The topological polar surface area (TPSA) is 73.6 Å². The number of nitrogens with one attached hydrogen (secondary N) is 1.